The molecule has 0 fully saturated rings. The fourth-order valence-electron chi connectivity index (χ4n) is 4.08. The van der Waals surface area contributed by atoms with Gasteiger partial charge in [-0.25, -0.2) is 0 Å². The molecule has 0 aliphatic carbocycles. The van der Waals surface area contributed by atoms with Crippen LogP contribution in [0.1, 0.15) is 48.2 Å². The number of carboxylic acids is 1. The largest absolute Gasteiger partial charge is 0.497 e. The van der Waals surface area contributed by atoms with Crippen LogP contribution in [-0.2, 0) is 11.2 Å². The Labute approximate surface area is 158 Å². The minimum atomic E-state index is -0.824. The average Bonchev–Trinajstić information content (AvgIpc) is 3.05. The first-order chi connectivity index (χ1) is 13.0. The monoisotopic (exact) mass is 364 g/mol. The Morgan fingerprint density at radius 3 is 2.70 bits per heavy atom. The van der Waals surface area contributed by atoms with Crippen LogP contribution >= 0.6 is 0 Å². The summed E-state index contributed by atoms with van der Waals surface area (Å²) < 4.78 is 5.40. The highest BCUT2D eigenvalue weighted by atomic mass is 16.5. The lowest BCUT2D eigenvalue weighted by molar-refractivity contribution is -0.139. The number of H-pyrrole nitrogens is 1. The first-order valence-corrected chi connectivity index (χ1v) is 9.25. The Bertz CT molecular complexity index is 1010. The molecule has 2 unspecified atom stereocenters. The van der Waals surface area contributed by atoms with Gasteiger partial charge in [0.25, 0.3) is 0 Å². The Kier molecular flexibility index (Phi) is 4.40. The Hall–Kier alpha value is -2.79. The van der Waals surface area contributed by atoms with E-state index >= 15 is 0 Å². The maximum atomic E-state index is 11.8. The first kappa shape index (κ1) is 17.6. The summed E-state index contributed by atoms with van der Waals surface area (Å²) >= 11 is 0. The number of hydrogen-bond acceptors (Lipinski definition) is 3. The number of benzene rings is 2. The molecular weight excluding hydrogens is 340 g/mol. The second kappa shape index (κ2) is 6.74. The van der Waals surface area contributed by atoms with E-state index in [0.29, 0.717) is 6.42 Å². The van der Waals surface area contributed by atoms with Gasteiger partial charge in [-0.05, 0) is 40.8 Å². The van der Waals surface area contributed by atoms with Crippen molar-refractivity contribution >= 4 is 16.9 Å². The molecule has 0 amide bonds. The van der Waals surface area contributed by atoms with Gasteiger partial charge in [-0.15, -0.1) is 0 Å². The Morgan fingerprint density at radius 2 is 2.00 bits per heavy atom. The molecule has 5 heteroatoms. The zero-order chi connectivity index (χ0) is 19.1. The maximum Gasteiger partial charge on any atom is 0.321 e. The van der Waals surface area contributed by atoms with Crippen LogP contribution < -0.4 is 10.1 Å². The molecule has 2 heterocycles. The number of ether oxygens (including phenoxy) is 1. The third kappa shape index (κ3) is 2.98. The van der Waals surface area contributed by atoms with Gasteiger partial charge in [0.15, 0.2) is 0 Å². The number of para-hydroxylation sites is 1. The van der Waals surface area contributed by atoms with E-state index in [2.05, 4.69) is 30.2 Å². The van der Waals surface area contributed by atoms with Gasteiger partial charge in [-0.1, -0.05) is 38.1 Å². The van der Waals surface area contributed by atoms with E-state index in [1.165, 1.54) is 0 Å². The minimum Gasteiger partial charge on any atom is -0.497 e. The molecule has 2 atom stereocenters. The SMILES string of the molecule is COc1ccc(C2NC(C(=O)O)Cc3c2[nH]c2ccccc32)c(C(C)C)c1. The summed E-state index contributed by atoms with van der Waals surface area (Å²) in [6.45, 7) is 4.28. The van der Waals surface area contributed by atoms with Crippen molar-refractivity contribution in [1.82, 2.24) is 10.3 Å². The third-order valence-electron chi connectivity index (χ3n) is 5.44. The van der Waals surface area contributed by atoms with Gasteiger partial charge in [0.05, 0.1) is 13.2 Å². The predicted octanol–water partition coefficient (Wildman–Crippen LogP) is 3.99. The molecule has 0 spiro atoms. The number of aromatic nitrogens is 1. The summed E-state index contributed by atoms with van der Waals surface area (Å²) in [6, 6.07) is 13.3. The number of carbonyl (C=O) groups is 1. The number of methoxy groups -OCH3 is 1. The van der Waals surface area contributed by atoms with E-state index < -0.39 is 12.0 Å². The van der Waals surface area contributed by atoms with Gasteiger partial charge in [0.1, 0.15) is 11.8 Å². The van der Waals surface area contributed by atoms with Gasteiger partial charge in [0, 0.05) is 23.0 Å². The summed E-state index contributed by atoms with van der Waals surface area (Å²) in [5, 5.41) is 14.2. The van der Waals surface area contributed by atoms with Crippen LogP contribution in [0.4, 0.5) is 0 Å². The molecule has 2 aromatic carbocycles. The number of nitrogens with one attached hydrogen (secondary N) is 2. The molecule has 3 N–H and O–H groups in total. The normalized spacial score (nSPS) is 19.3. The number of fused-ring (bicyclic) bond motifs is 3. The third-order valence-corrected chi connectivity index (χ3v) is 5.44. The predicted molar refractivity (Wildman–Crippen MR) is 105 cm³/mol. The van der Waals surface area contributed by atoms with E-state index in [1.807, 2.05) is 36.4 Å². The molecule has 3 aromatic rings. The van der Waals surface area contributed by atoms with Crippen LogP contribution in [0.5, 0.6) is 5.75 Å². The Morgan fingerprint density at radius 1 is 1.22 bits per heavy atom. The van der Waals surface area contributed by atoms with Crippen molar-refractivity contribution < 1.29 is 14.6 Å². The van der Waals surface area contributed by atoms with Crippen LogP contribution in [-0.4, -0.2) is 29.2 Å². The summed E-state index contributed by atoms with van der Waals surface area (Å²) in [4.78, 5) is 15.4. The van der Waals surface area contributed by atoms with E-state index in [9.17, 15) is 9.90 Å². The van der Waals surface area contributed by atoms with Crippen LogP contribution in [0, 0.1) is 0 Å². The summed E-state index contributed by atoms with van der Waals surface area (Å²) in [6.07, 6.45) is 0.471. The molecule has 27 heavy (non-hydrogen) atoms. The second-order valence-electron chi connectivity index (χ2n) is 7.41. The summed E-state index contributed by atoms with van der Waals surface area (Å²) in [5.74, 6) is 0.274. The summed E-state index contributed by atoms with van der Waals surface area (Å²) in [7, 11) is 1.66. The molecule has 0 saturated carbocycles. The second-order valence-corrected chi connectivity index (χ2v) is 7.41. The molecule has 1 aliphatic rings. The first-order valence-electron chi connectivity index (χ1n) is 9.25. The van der Waals surface area contributed by atoms with Crippen molar-refractivity contribution in [3.05, 3.63) is 64.8 Å². The molecule has 140 valence electrons. The van der Waals surface area contributed by atoms with Crippen molar-refractivity contribution in [1.29, 1.82) is 0 Å². The minimum absolute atomic E-state index is 0.203. The van der Waals surface area contributed by atoms with Crippen molar-refractivity contribution in [2.75, 3.05) is 7.11 Å². The van der Waals surface area contributed by atoms with E-state index in [4.69, 9.17) is 4.74 Å². The van der Waals surface area contributed by atoms with E-state index in [-0.39, 0.29) is 12.0 Å². The maximum absolute atomic E-state index is 11.8. The molecule has 0 bridgehead atoms. The van der Waals surface area contributed by atoms with Crippen LogP contribution in [0.15, 0.2) is 42.5 Å². The van der Waals surface area contributed by atoms with Crippen molar-refractivity contribution in [3.63, 3.8) is 0 Å². The standard InChI is InChI=1S/C22H24N2O3/c1-12(2)16-10-13(27-3)8-9-15(16)20-21-17(11-19(24-20)22(25)26)14-6-4-5-7-18(14)23-21/h4-10,12,19-20,23-24H,11H2,1-3H3,(H,25,26). The molecule has 0 saturated heterocycles. The number of rotatable bonds is 4. The van der Waals surface area contributed by atoms with Gasteiger partial charge in [-0.3, -0.25) is 10.1 Å². The van der Waals surface area contributed by atoms with Gasteiger partial charge in [0.2, 0.25) is 0 Å². The Balaban J connectivity index is 1.92. The quantitative estimate of drug-likeness (QED) is 0.654. The fourth-order valence-corrected chi connectivity index (χ4v) is 4.08. The summed E-state index contributed by atoms with van der Waals surface area (Å²) in [5.41, 5.74) is 5.43. The number of hydrogen-bond donors (Lipinski definition) is 3. The van der Waals surface area contributed by atoms with Gasteiger partial charge >= 0.3 is 5.97 Å². The van der Waals surface area contributed by atoms with Crippen LogP contribution in [0.2, 0.25) is 0 Å². The topological polar surface area (TPSA) is 74.3 Å². The van der Waals surface area contributed by atoms with Crippen molar-refractivity contribution in [2.24, 2.45) is 0 Å². The highest BCUT2D eigenvalue weighted by Crippen LogP contribution is 2.38. The molecule has 4 rings (SSSR count). The average molecular weight is 364 g/mol. The van der Waals surface area contributed by atoms with E-state index in [1.54, 1.807) is 7.11 Å². The number of aromatic amines is 1. The number of carboxylic acid groups (broad SMARTS) is 1. The molecule has 0 radical (unpaired) electrons. The molecule has 1 aliphatic heterocycles. The lowest BCUT2D eigenvalue weighted by Crippen LogP contribution is -2.45. The fraction of sp³-hybridized carbons (Fsp3) is 0.318. The van der Waals surface area contributed by atoms with Gasteiger partial charge in [-0.2, -0.15) is 0 Å². The van der Waals surface area contributed by atoms with Crippen molar-refractivity contribution in [3.8, 4) is 5.75 Å². The van der Waals surface area contributed by atoms with Crippen LogP contribution in [0.25, 0.3) is 10.9 Å². The zero-order valence-electron chi connectivity index (χ0n) is 15.7. The smallest absolute Gasteiger partial charge is 0.321 e. The molecule has 1 aromatic heterocycles. The lowest BCUT2D eigenvalue weighted by Gasteiger charge is -2.31. The highest BCUT2D eigenvalue weighted by Gasteiger charge is 2.35. The lowest BCUT2D eigenvalue weighted by atomic mass is 9.85. The van der Waals surface area contributed by atoms with Crippen LogP contribution in [0.3, 0.4) is 0 Å². The van der Waals surface area contributed by atoms with E-state index in [0.717, 1.165) is 39.0 Å². The van der Waals surface area contributed by atoms with Crippen molar-refractivity contribution in [2.45, 2.75) is 38.3 Å². The highest BCUT2D eigenvalue weighted by molar-refractivity contribution is 5.87. The number of aliphatic carboxylic acids is 1. The zero-order valence-corrected chi connectivity index (χ0v) is 15.7. The molecular formula is C22H24N2O3. The molecule has 5 nitrogen and oxygen atoms in total. The van der Waals surface area contributed by atoms with Gasteiger partial charge < -0.3 is 14.8 Å².